The average molecular weight is 266 g/mol. The van der Waals surface area contributed by atoms with Gasteiger partial charge >= 0.3 is 0 Å². The van der Waals surface area contributed by atoms with Crippen LogP contribution in [0.3, 0.4) is 0 Å². The van der Waals surface area contributed by atoms with Crippen LogP contribution in [0.2, 0.25) is 0 Å². The second-order valence-electron chi connectivity index (χ2n) is 5.00. The van der Waals surface area contributed by atoms with Crippen molar-refractivity contribution in [3.05, 3.63) is 57.5 Å². The van der Waals surface area contributed by atoms with E-state index in [-0.39, 0.29) is 11.1 Å². The van der Waals surface area contributed by atoms with Crippen molar-refractivity contribution in [2.24, 2.45) is 7.05 Å². The molecule has 20 heavy (non-hydrogen) atoms. The number of rotatable bonds is 3. The molecule has 2 aromatic rings. The Balaban J connectivity index is 2.58. The maximum absolute atomic E-state index is 12.1. The summed E-state index contributed by atoms with van der Waals surface area (Å²) in [5.41, 5.74) is 3.73. The molecule has 0 unspecified atom stereocenters. The zero-order valence-electron chi connectivity index (χ0n) is 12.1. The van der Waals surface area contributed by atoms with E-state index in [4.69, 9.17) is 0 Å². The van der Waals surface area contributed by atoms with Crippen LogP contribution in [0.25, 0.3) is 11.1 Å². The third-order valence-corrected chi connectivity index (χ3v) is 3.59. The minimum atomic E-state index is -0.236. The first-order valence-corrected chi connectivity index (χ1v) is 6.78. The van der Waals surface area contributed by atoms with Gasteiger partial charge in [-0.15, -0.1) is 0 Å². The quantitative estimate of drug-likeness (QED) is 0.856. The Morgan fingerprint density at radius 2 is 1.90 bits per heavy atom. The predicted octanol–water partition coefficient (Wildman–Crippen LogP) is 3.18. The van der Waals surface area contributed by atoms with Gasteiger partial charge in [-0.25, -0.2) is 0 Å². The largest absolute Gasteiger partial charge is 0.315 e. The van der Waals surface area contributed by atoms with Crippen molar-refractivity contribution in [3.8, 4) is 17.2 Å². The molecule has 0 aliphatic heterocycles. The number of benzene rings is 1. The summed E-state index contributed by atoms with van der Waals surface area (Å²) < 4.78 is 1.51. The smallest absolute Gasteiger partial charge is 0.269 e. The molecule has 0 atom stereocenters. The Hall–Kier alpha value is -2.34. The molecule has 1 heterocycles. The maximum atomic E-state index is 12.1. The molecule has 0 spiro atoms. The molecule has 0 saturated heterocycles. The Morgan fingerprint density at radius 1 is 1.25 bits per heavy atom. The molecule has 3 heteroatoms. The van der Waals surface area contributed by atoms with Gasteiger partial charge in [-0.2, -0.15) is 5.26 Å². The van der Waals surface area contributed by atoms with Crippen LogP contribution in [0.15, 0.2) is 35.1 Å². The van der Waals surface area contributed by atoms with E-state index < -0.39 is 0 Å². The number of nitrogens with zero attached hydrogens (tertiary/aromatic N) is 2. The van der Waals surface area contributed by atoms with Crippen LogP contribution in [0.5, 0.6) is 0 Å². The number of hydrogen-bond donors (Lipinski definition) is 0. The van der Waals surface area contributed by atoms with Crippen LogP contribution in [0, 0.1) is 18.3 Å². The number of pyridine rings is 1. The summed E-state index contributed by atoms with van der Waals surface area (Å²) in [6.07, 6.45) is 2.15. The Kier molecular flexibility index (Phi) is 4.05. The molecular weight excluding hydrogens is 248 g/mol. The minimum Gasteiger partial charge on any atom is -0.315 e. The SMILES string of the molecule is CCCc1ccc(-c2cc(C)n(C)c(=O)c2C#N)cc1. The summed E-state index contributed by atoms with van der Waals surface area (Å²) in [6, 6.07) is 12.0. The van der Waals surface area contributed by atoms with Gasteiger partial charge in [0.1, 0.15) is 11.6 Å². The molecular formula is C17H18N2O. The molecule has 0 bridgehead atoms. The molecule has 0 N–H and O–H groups in total. The molecule has 0 radical (unpaired) electrons. The van der Waals surface area contributed by atoms with E-state index in [0.717, 1.165) is 29.7 Å². The lowest BCUT2D eigenvalue weighted by atomic mass is 9.99. The molecule has 3 nitrogen and oxygen atoms in total. The fraction of sp³-hybridized carbons (Fsp3) is 0.294. The number of hydrogen-bond acceptors (Lipinski definition) is 2. The van der Waals surface area contributed by atoms with E-state index in [1.807, 2.05) is 31.2 Å². The van der Waals surface area contributed by atoms with E-state index in [2.05, 4.69) is 19.1 Å². The number of aromatic nitrogens is 1. The van der Waals surface area contributed by atoms with Gasteiger partial charge in [0.25, 0.3) is 5.56 Å². The Bertz CT molecular complexity index is 718. The van der Waals surface area contributed by atoms with E-state index in [0.29, 0.717) is 0 Å². The molecule has 0 amide bonds. The van der Waals surface area contributed by atoms with Crippen molar-refractivity contribution in [1.29, 1.82) is 5.26 Å². The van der Waals surface area contributed by atoms with Gasteiger partial charge in [0.05, 0.1) is 0 Å². The molecule has 1 aromatic heterocycles. The van der Waals surface area contributed by atoms with E-state index in [1.165, 1.54) is 10.1 Å². The van der Waals surface area contributed by atoms with Crippen LogP contribution in [0.1, 0.15) is 30.2 Å². The zero-order valence-corrected chi connectivity index (χ0v) is 12.1. The normalized spacial score (nSPS) is 10.3. The molecule has 0 aliphatic rings. The first-order chi connectivity index (χ1) is 9.58. The second-order valence-corrected chi connectivity index (χ2v) is 5.00. The van der Waals surface area contributed by atoms with Gasteiger partial charge in [-0.1, -0.05) is 37.6 Å². The first kappa shape index (κ1) is 14.1. The molecule has 102 valence electrons. The molecule has 0 aliphatic carbocycles. The minimum absolute atomic E-state index is 0.210. The van der Waals surface area contributed by atoms with Crippen LogP contribution in [-0.4, -0.2) is 4.57 Å². The van der Waals surface area contributed by atoms with Crippen molar-refractivity contribution < 1.29 is 0 Å². The first-order valence-electron chi connectivity index (χ1n) is 6.78. The summed E-state index contributed by atoms with van der Waals surface area (Å²) >= 11 is 0. The van der Waals surface area contributed by atoms with Crippen LogP contribution >= 0.6 is 0 Å². The average Bonchev–Trinajstić information content (AvgIpc) is 2.46. The van der Waals surface area contributed by atoms with Gasteiger partial charge in [0, 0.05) is 18.3 Å². The van der Waals surface area contributed by atoms with Gasteiger partial charge in [0.15, 0.2) is 0 Å². The standard InChI is InChI=1S/C17H18N2O/c1-4-5-13-6-8-14(9-7-13)15-10-12(2)19(3)17(20)16(15)11-18/h6-10H,4-5H2,1-3H3. The second kappa shape index (κ2) is 5.75. The summed E-state index contributed by atoms with van der Waals surface area (Å²) in [7, 11) is 1.69. The molecule has 2 rings (SSSR count). The highest BCUT2D eigenvalue weighted by atomic mass is 16.1. The summed E-state index contributed by atoms with van der Waals surface area (Å²) in [5.74, 6) is 0. The third-order valence-electron chi connectivity index (χ3n) is 3.59. The Morgan fingerprint density at radius 3 is 2.45 bits per heavy atom. The van der Waals surface area contributed by atoms with Crippen molar-refractivity contribution in [2.75, 3.05) is 0 Å². The van der Waals surface area contributed by atoms with E-state index in [9.17, 15) is 10.1 Å². The van der Waals surface area contributed by atoms with E-state index >= 15 is 0 Å². The lowest BCUT2D eigenvalue weighted by Crippen LogP contribution is -2.22. The highest BCUT2D eigenvalue weighted by Gasteiger charge is 2.12. The van der Waals surface area contributed by atoms with Crippen LogP contribution in [0.4, 0.5) is 0 Å². The van der Waals surface area contributed by atoms with Crippen molar-refractivity contribution in [3.63, 3.8) is 0 Å². The maximum Gasteiger partial charge on any atom is 0.269 e. The highest BCUT2D eigenvalue weighted by molar-refractivity contribution is 5.70. The fourth-order valence-corrected chi connectivity index (χ4v) is 2.30. The van der Waals surface area contributed by atoms with E-state index in [1.54, 1.807) is 7.05 Å². The number of nitriles is 1. The molecule has 0 saturated carbocycles. The van der Waals surface area contributed by atoms with Crippen LogP contribution in [-0.2, 0) is 13.5 Å². The Labute approximate surface area is 119 Å². The topological polar surface area (TPSA) is 45.8 Å². The summed E-state index contributed by atoms with van der Waals surface area (Å²) in [5, 5.41) is 9.25. The summed E-state index contributed by atoms with van der Waals surface area (Å²) in [6.45, 7) is 4.02. The third kappa shape index (κ3) is 2.50. The predicted molar refractivity (Wildman–Crippen MR) is 80.6 cm³/mol. The van der Waals surface area contributed by atoms with Gasteiger partial charge in [0.2, 0.25) is 0 Å². The lowest BCUT2D eigenvalue weighted by Gasteiger charge is -2.10. The lowest BCUT2D eigenvalue weighted by molar-refractivity contribution is 0.816. The fourth-order valence-electron chi connectivity index (χ4n) is 2.30. The van der Waals surface area contributed by atoms with Gasteiger partial charge in [-0.3, -0.25) is 4.79 Å². The van der Waals surface area contributed by atoms with Crippen molar-refractivity contribution >= 4 is 0 Å². The van der Waals surface area contributed by atoms with Gasteiger partial charge in [-0.05, 0) is 30.5 Å². The zero-order chi connectivity index (χ0) is 14.7. The van der Waals surface area contributed by atoms with Gasteiger partial charge < -0.3 is 4.57 Å². The van der Waals surface area contributed by atoms with Crippen LogP contribution < -0.4 is 5.56 Å². The van der Waals surface area contributed by atoms with Crippen molar-refractivity contribution in [1.82, 2.24) is 4.57 Å². The van der Waals surface area contributed by atoms with Crippen molar-refractivity contribution in [2.45, 2.75) is 26.7 Å². The number of aryl methyl sites for hydroxylation is 2. The molecule has 0 fully saturated rings. The highest BCUT2D eigenvalue weighted by Crippen LogP contribution is 2.23. The molecule has 1 aromatic carbocycles. The summed E-state index contributed by atoms with van der Waals surface area (Å²) in [4.78, 5) is 12.1. The monoisotopic (exact) mass is 266 g/mol.